The van der Waals surface area contributed by atoms with Gasteiger partial charge in [0.2, 0.25) is 5.91 Å². The van der Waals surface area contributed by atoms with Gasteiger partial charge in [-0.05, 0) is 24.8 Å². The fourth-order valence-corrected chi connectivity index (χ4v) is 3.51. The summed E-state index contributed by atoms with van der Waals surface area (Å²) < 4.78 is 7.89. The van der Waals surface area contributed by atoms with Crippen LogP contribution >= 0.6 is 0 Å². The van der Waals surface area contributed by atoms with Gasteiger partial charge in [-0.3, -0.25) is 4.79 Å². The number of ether oxygens (including phenoxy) is 1. The molecule has 2 aromatic rings. The molecule has 0 aliphatic carbocycles. The van der Waals surface area contributed by atoms with Crippen LogP contribution in [0.25, 0.3) is 0 Å². The van der Waals surface area contributed by atoms with Crippen LogP contribution in [0, 0.1) is 5.92 Å². The number of carbonyl (C=O) groups excluding carboxylic acids is 1. The average Bonchev–Trinajstić information content (AvgIpc) is 3.08. The molecule has 0 bridgehead atoms. The van der Waals surface area contributed by atoms with E-state index in [4.69, 9.17) is 4.74 Å². The molecule has 1 fully saturated rings. The van der Waals surface area contributed by atoms with Crippen LogP contribution in [-0.4, -0.2) is 40.1 Å². The lowest BCUT2D eigenvalue weighted by Crippen LogP contribution is -2.42. The third kappa shape index (κ3) is 4.28. The second kappa shape index (κ2) is 8.30. The van der Waals surface area contributed by atoms with Crippen molar-refractivity contribution >= 4 is 5.91 Å². The highest BCUT2D eigenvalue weighted by Crippen LogP contribution is 2.25. The summed E-state index contributed by atoms with van der Waals surface area (Å²) in [6.07, 6.45) is 6.58. The predicted molar refractivity (Wildman–Crippen MR) is 97.0 cm³/mol. The van der Waals surface area contributed by atoms with Crippen LogP contribution in [-0.2, 0) is 22.6 Å². The Bertz CT molecular complexity index is 683. The minimum Gasteiger partial charge on any atom is -0.377 e. The maximum Gasteiger partial charge on any atom is 0.228 e. The molecule has 0 spiro atoms. The number of aromatic nitrogens is 2. The van der Waals surface area contributed by atoms with E-state index in [1.54, 1.807) is 11.1 Å². The molecule has 0 radical (unpaired) electrons. The van der Waals surface area contributed by atoms with Crippen molar-refractivity contribution in [2.75, 3.05) is 13.7 Å². The minimum atomic E-state index is -0.0266. The van der Waals surface area contributed by atoms with Gasteiger partial charge in [0, 0.05) is 32.6 Å². The molecule has 0 unspecified atom stereocenters. The van der Waals surface area contributed by atoms with Crippen molar-refractivity contribution < 1.29 is 9.53 Å². The largest absolute Gasteiger partial charge is 0.377 e. The summed E-state index contributed by atoms with van der Waals surface area (Å²) >= 11 is 0. The molecule has 25 heavy (non-hydrogen) atoms. The predicted octanol–water partition coefficient (Wildman–Crippen LogP) is 3.10. The number of rotatable bonds is 6. The number of hydrogen-bond acceptors (Lipinski definition) is 3. The Morgan fingerprint density at radius 1 is 1.36 bits per heavy atom. The van der Waals surface area contributed by atoms with Gasteiger partial charge in [0.05, 0.1) is 18.6 Å². The summed E-state index contributed by atoms with van der Waals surface area (Å²) in [7, 11) is 1.87. The van der Waals surface area contributed by atoms with Gasteiger partial charge < -0.3 is 14.2 Å². The van der Waals surface area contributed by atoms with E-state index >= 15 is 0 Å². The molecule has 134 valence electrons. The Morgan fingerprint density at radius 2 is 2.16 bits per heavy atom. The quantitative estimate of drug-likeness (QED) is 0.811. The number of nitrogens with zero attached hydrogens (tertiary/aromatic N) is 3. The van der Waals surface area contributed by atoms with E-state index in [1.807, 2.05) is 31.4 Å². The van der Waals surface area contributed by atoms with E-state index < -0.39 is 0 Å². The minimum absolute atomic E-state index is 0.0266. The average molecular weight is 341 g/mol. The third-order valence-corrected chi connectivity index (χ3v) is 4.91. The highest BCUT2D eigenvalue weighted by Gasteiger charge is 2.32. The molecule has 1 aliphatic heterocycles. The molecular formula is C20H27N3O2. The zero-order chi connectivity index (χ0) is 17.6. The first-order valence-electron chi connectivity index (χ1n) is 9.09. The van der Waals surface area contributed by atoms with Crippen molar-refractivity contribution in [1.82, 2.24) is 14.5 Å². The smallest absolute Gasteiger partial charge is 0.228 e. The maximum absolute atomic E-state index is 12.9. The maximum atomic E-state index is 12.9. The summed E-state index contributed by atoms with van der Waals surface area (Å²) in [4.78, 5) is 19.1. The second-order valence-corrected chi connectivity index (χ2v) is 6.72. The summed E-state index contributed by atoms with van der Waals surface area (Å²) in [5, 5.41) is 0. The summed E-state index contributed by atoms with van der Waals surface area (Å²) in [6, 6.07) is 10.3. The molecular weight excluding hydrogens is 314 g/mol. The fraction of sp³-hybridized carbons (Fsp3) is 0.500. The van der Waals surface area contributed by atoms with Gasteiger partial charge in [-0.2, -0.15) is 0 Å². The number of carbonyl (C=O) groups is 1. The van der Waals surface area contributed by atoms with Crippen LogP contribution in [0.1, 0.15) is 37.6 Å². The number of benzene rings is 1. The molecule has 5 nitrogen and oxygen atoms in total. The zero-order valence-corrected chi connectivity index (χ0v) is 15.1. The molecule has 2 heterocycles. The monoisotopic (exact) mass is 341 g/mol. The van der Waals surface area contributed by atoms with E-state index in [0.29, 0.717) is 6.54 Å². The van der Waals surface area contributed by atoms with Crippen LogP contribution in [0.2, 0.25) is 0 Å². The van der Waals surface area contributed by atoms with Gasteiger partial charge in [-0.15, -0.1) is 0 Å². The topological polar surface area (TPSA) is 47.4 Å². The van der Waals surface area contributed by atoms with Crippen molar-refractivity contribution in [2.24, 2.45) is 5.92 Å². The lowest BCUT2D eigenvalue weighted by Gasteiger charge is -2.32. The van der Waals surface area contributed by atoms with Gasteiger partial charge in [0.25, 0.3) is 0 Å². The number of imidazole rings is 1. The van der Waals surface area contributed by atoms with Gasteiger partial charge in [-0.1, -0.05) is 37.3 Å². The normalized spacial score (nSPS) is 20.4. The Hall–Kier alpha value is -2.14. The molecule has 5 heteroatoms. The van der Waals surface area contributed by atoms with E-state index in [2.05, 4.69) is 28.6 Å². The molecule has 0 N–H and O–H groups in total. The first-order valence-corrected chi connectivity index (χ1v) is 9.09. The fourth-order valence-electron chi connectivity index (χ4n) is 3.51. The van der Waals surface area contributed by atoms with Crippen LogP contribution in [0.3, 0.4) is 0 Å². The Kier molecular flexibility index (Phi) is 5.87. The molecule has 2 atom stereocenters. The molecule has 1 amide bonds. The van der Waals surface area contributed by atoms with Crippen molar-refractivity contribution in [1.29, 1.82) is 0 Å². The molecule has 1 aliphatic rings. The molecule has 1 aromatic heterocycles. The first kappa shape index (κ1) is 17.7. The first-order chi connectivity index (χ1) is 12.2. The van der Waals surface area contributed by atoms with Gasteiger partial charge in [-0.25, -0.2) is 4.98 Å². The van der Waals surface area contributed by atoms with E-state index in [0.717, 1.165) is 38.2 Å². The van der Waals surface area contributed by atoms with Crippen molar-refractivity contribution in [3.05, 3.63) is 54.1 Å². The highest BCUT2D eigenvalue weighted by molar-refractivity contribution is 5.79. The SMILES string of the molecule is CC[C@H]1OCCC[C@H]1C(=O)N(C)Cc1nccn1Cc1ccccc1. The Balaban J connectivity index is 1.66. The summed E-state index contributed by atoms with van der Waals surface area (Å²) in [5.41, 5.74) is 1.22. The zero-order valence-electron chi connectivity index (χ0n) is 15.1. The molecule has 3 rings (SSSR count). The highest BCUT2D eigenvalue weighted by atomic mass is 16.5. The number of amides is 1. The number of hydrogen-bond donors (Lipinski definition) is 0. The van der Waals surface area contributed by atoms with Crippen molar-refractivity contribution in [3.8, 4) is 0 Å². The summed E-state index contributed by atoms with van der Waals surface area (Å²) in [5.74, 6) is 1.05. The van der Waals surface area contributed by atoms with E-state index in [9.17, 15) is 4.79 Å². The van der Waals surface area contributed by atoms with E-state index in [-0.39, 0.29) is 17.9 Å². The third-order valence-electron chi connectivity index (χ3n) is 4.91. The van der Waals surface area contributed by atoms with Gasteiger partial charge in [0.1, 0.15) is 5.82 Å². The molecule has 0 saturated carbocycles. The summed E-state index contributed by atoms with van der Waals surface area (Å²) in [6.45, 7) is 4.14. The van der Waals surface area contributed by atoms with Crippen LogP contribution in [0.4, 0.5) is 0 Å². The van der Waals surface area contributed by atoms with Crippen LogP contribution < -0.4 is 0 Å². The van der Waals surface area contributed by atoms with Gasteiger partial charge >= 0.3 is 0 Å². The van der Waals surface area contributed by atoms with Crippen molar-refractivity contribution in [3.63, 3.8) is 0 Å². The molecule has 1 saturated heterocycles. The van der Waals surface area contributed by atoms with Crippen molar-refractivity contribution in [2.45, 2.75) is 45.4 Å². The Labute approximate surface area is 149 Å². The lowest BCUT2D eigenvalue weighted by molar-refractivity contribution is -0.144. The Morgan fingerprint density at radius 3 is 2.92 bits per heavy atom. The standard InChI is InChI=1S/C20H27N3O2/c1-3-18-17(10-7-13-25-18)20(24)22(2)15-19-21-11-12-23(19)14-16-8-5-4-6-9-16/h4-6,8-9,11-12,17-18H,3,7,10,13-15H2,1-2H3/t17-,18-/m1/s1. The lowest BCUT2D eigenvalue weighted by atomic mass is 9.91. The van der Waals surface area contributed by atoms with E-state index in [1.165, 1.54) is 5.56 Å². The second-order valence-electron chi connectivity index (χ2n) is 6.72. The van der Waals surface area contributed by atoms with Crippen LogP contribution in [0.15, 0.2) is 42.7 Å². The van der Waals surface area contributed by atoms with Gasteiger partial charge in [0.15, 0.2) is 0 Å². The molecule has 1 aromatic carbocycles. The van der Waals surface area contributed by atoms with Crippen LogP contribution in [0.5, 0.6) is 0 Å².